The van der Waals surface area contributed by atoms with Crippen LogP contribution < -0.4 is 34.1 Å². The van der Waals surface area contributed by atoms with Crippen molar-refractivity contribution in [2.45, 2.75) is 31.5 Å². The van der Waals surface area contributed by atoms with Gasteiger partial charge in [-0.25, -0.2) is 22.0 Å². The summed E-state index contributed by atoms with van der Waals surface area (Å²) in [5.74, 6) is -14.2. The van der Waals surface area contributed by atoms with E-state index in [2.05, 4.69) is 33.3 Å². The van der Waals surface area contributed by atoms with Crippen molar-refractivity contribution in [1.82, 2.24) is 16.0 Å². The number of nitrogens with one attached hydrogen (secondary N) is 3. The van der Waals surface area contributed by atoms with Crippen LogP contribution in [0.5, 0.6) is 0 Å². The Morgan fingerprint density at radius 1 is 0.923 bits per heavy atom. The molecular formula is C22H31ClF5N5O5S. The normalized spacial score (nSPS) is 12.6. The van der Waals surface area contributed by atoms with Gasteiger partial charge in [-0.3, -0.25) is 19.2 Å². The fourth-order valence-corrected chi connectivity index (χ4v) is 3.03. The summed E-state index contributed by atoms with van der Waals surface area (Å²) in [6.45, 7) is -0.539. The lowest BCUT2D eigenvalue weighted by Gasteiger charge is -2.23. The summed E-state index contributed by atoms with van der Waals surface area (Å²) in [4.78, 5) is 48.2. The minimum absolute atomic E-state index is 0. The van der Waals surface area contributed by atoms with E-state index in [-0.39, 0.29) is 37.5 Å². The number of carbonyl (C=O) groups is 4. The Balaban J connectivity index is 0.0000144. The minimum atomic E-state index is -2.36. The molecule has 10 nitrogen and oxygen atoms in total. The van der Waals surface area contributed by atoms with Gasteiger partial charge in [0.1, 0.15) is 18.7 Å². The monoisotopic (exact) mass is 607 g/mol. The van der Waals surface area contributed by atoms with Crippen LogP contribution in [-0.4, -0.2) is 86.8 Å². The van der Waals surface area contributed by atoms with E-state index in [0.29, 0.717) is 17.6 Å². The lowest BCUT2D eigenvalue weighted by atomic mass is 10.1. The molecule has 0 heterocycles. The van der Waals surface area contributed by atoms with Crippen molar-refractivity contribution in [2.75, 3.05) is 46.5 Å². The Kier molecular flexibility index (Phi) is 15.3. The zero-order valence-corrected chi connectivity index (χ0v) is 23.0. The number of benzene rings is 1. The van der Waals surface area contributed by atoms with E-state index in [1.54, 1.807) is 0 Å². The average Bonchev–Trinajstić information content (AvgIpc) is 2.85. The molecule has 0 aliphatic carbocycles. The van der Waals surface area contributed by atoms with Crippen LogP contribution in [0.15, 0.2) is 0 Å². The van der Waals surface area contributed by atoms with Gasteiger partial charge in [-0.1, -0.05) is 0 Å². The fourth-order valence-electron chi connectivity index (χ4n) is 2.78. The lowest BCUT2D eigenvalue weighted by Crippen LogP contribution is -3.00. The summed E-state index contributed by atoms with van der Waals surface area (Å²) in [6.07, 6.45) is -0.723. The molecule has 5 N–H and O–H groups in total. The maximum absolute atomic E-state index is 13.7. The third kappa shape index (κ3) is 11.9. The molecule has 0 aliphatic heterocycles. The zero-order chi connectivity index (χ0) is 29.2. The second kappa shape index (κ2) is 16.4. The molecule has 0 spiro atoms. The number of thiol groups is 1. The number of hydrogen-bond donors (Lipinski definition) is 5. The van der Waals surface area contributed by atoms with E-state index in [0.717, 1.165) is 0 Å². The van der Waals surface area contributed by atoms with Gasteiger partial charge in [0.25, 0.3) is 0 Å². The number of esters is 1. The van der Waals surface area contributed by atoms with Crippen LogP contribution >= 0.6 is 12.6 Å². The predicted molar refractivity (Wildman–Crippen MR) is 128 cm³/mol. The van der Waals surface area contributed by atoms with E-state index >= 15 is 0 Å². The van der Waals surface area contributed by atoms with Gasteiger partial charge in [0.2, 0.25) is 23.5 Å². The first-order valence-electron chi connectivity index (χ1n) is 11.3. The van der Waals surface area contributed by atoms with Gasteiger partial charge in [0.05, 0.1) is 46.3 Å². The topological polar surface area (TPSA) is 140 Å². The summed E-state index contributed by atoms with van der Waals surface area (Å²) < 4.78 is 72.1. The maximum Gasteiger partial charge on any atom is 0.323 e. The van der Waals surface area contributed by atoms with Crippen LogP contribution in [0.25, 0.3) is 0 Å². The van der Waals surface area contributed by atoms with Crippen LogP contribution in [-0.2, 0) is 30.5 Å². The highest BCUT2D eigenvalue weighted by molar-refractivity contribution is 7.80. The first-order chi connectivity index (χ1) is 17.6. The Morgan fingerprint density at radius 3 is 1.97 bits per heavy atom. The van der Waals surface area contributed by atoms with E-state index in [1.807, 2.05) is 21.1 Å². The van der Waals surface area contributed by atoms with Gasteiger partial charge in [0.15, 0.2) is 23.3 Å². The third-order valence-corrected chi connectivity index (χ3v) is 5.37. The van der Waals surface area contributed by atoms with Gasteiger partial charge >= 0.3 is 5.97 Å². The molecule has 0 saturated carbocycles. The standard InChI is InChI=1S/C22H30F5N5O5S.ClH/c1-32(2,3)7-6-29-15(34)8-30-21(35)13(10-38)31-14(33)5-4-12(28)22(36)37-9-11-16(23)18(25)20(27)19(26)17(11)24;/h12-13H,4-10,28H2,1-3H3,(H3-,29,30,31,33,34,35,38);1H/t12-,13+;/m0./s1. The van der Waals surface area contributed by atoms with Crippen molar-refractivity contribution in [3.63, 3.8) is 0 Å². The number of halogens is 6. The van der Waals surface area contributed by atoms with Crippen molar-refractivity contribution in [3.8, 4) is 0 Å². The molecule has 0 aromatic heterocycles. The highest BCUT2D eigenvalue weighted by atomic mass is 35.5. The quantitative estimate of drug-likeness (QED) is 0.0379. The predicted octanol–water partition coefficient (Wildman–Crippen LogP) is -3.11. The molecule has 222 valence electrons. The Hall–Kier alpha value is -2.69. The smallest absolute Gasteiger partial charge is 0.323 e. The van der Waals surface area contributed by atoms with Crippen LogP contribution in [0.4, 0.5) is 22.0 Å². The van der Waals surface area contributed by atoms with Gasteiger partial charge < -0.3 is 43.3 Å². The molecule has 0 radical (unpaired) electrons. The lowest BCUT2D eigenvalue weighted by molar-refractivity contribution is -0.869. The summed E-state index contributed by atoms with van der Waals surface area (Å²) >= 11 is 3.99. The highest BCUT2D eigenvalue weighted by Gasteiger charge is 2.27. The molecule has 0 aliphatic rings. The molecular weight excluding hydrogens is 577 g/mol. The minimum Gasteiger partial charge on any atom is -1.00 e. The van der Waals surface area contributed by atoms with Crippen LogP contribution in [0.1, 0.15) is 18.4 Å². The third-order valence-electron chi connectivity index (χ3n) is 5.01. The molecule has 17 heteroatoms. The molecule has 0 unspecified atom stereocenters. The molecule has 39 heavy (non-hydrogen) atoms. The highest BCUT2D eigenvalue weighted by Crippen LogP contribution is 2.23. The number of likely N-dealkylation sites (N-methyl/N-ethyl adjacent to an activating group) is 1. The molecule has 2 atom stereocenters. The van der Waals surface area contributed by atoms with Crippen molar-refractivity contribution in [2.24, 2.45) is 5.73 Å². The van der Waals surface area contributed by atoms with Crippen molar-refractivity contribution in [3.05, 3.63) is 34.6 Å². The second-order valence-electron chi connectivity index (χ2n) is 9.19. The average molecular weight is 608 g/mol. The van der Waals surface area contributed by atoms with E-state index in [1.165, 1.54) is 0 Å². The number of rotatable bonds is 14. The summed E-state index contributed by atoms with van der Waals surface area (Å²) in [6, 6.07) is -2.59. The number of quaternary nitrogens is 1. The molecule has 0 saturated heterocycles. The van der Waals surface area contributed by atoms with Crippen molar-refractivity contribution < 1.29 is 62.8 Å². The van der Waals surface area contributed by atoms with E-state index in [4.69, 9.17) is 5.73 Å². The maximum atomic E-state index is 13.7. The summed E-state index contributed by atoms with van der Waals surface area (Å²) in [7, 11) is 5.85. The number of amides is 3. The summed E-state index contributed by atoms with van der Waals surface area (Å²) in [5.41, 5.74) is 4.21. The first kappa shape index (κ1) is 36.3. The fraction of sp³-hybridized carbons (Fsp3) is 0.545. The van der Waals surface area contributed by atoms with Gasteiger partial charge in [0, 0.05) is 12.2 Å². The largest absolute Gasteiger partial charge is 1.00 e. The number of ether oxygens (including phenoxy) is 1. The van der Waals surface area contributed by atoms with Crippen molar-refractivity contribution in [1.29, 1.82) is 0 Å². The Bertz CT molecular complexity index is 1020. The summed E-state index contributed by atoms with van der Waals surface area (Å²) in [5, 5.41) is 7.36. The van der Waals surface area contributed by atoms with Gasteiger partial charge in [-0.05, 0) is 6.42 Å². The second-order valence-corrected chi connectivity index (χ2v) is 9.55. The Morgan fingerprint density at radius 2 is 1.46 bits per heavy atom. The van der Waals surface area contributed by atoms with E-state index in [9.17, 15) is 41.1 Å². The van der Waals surface area contributed by atoms with E-state index < -0.39 is 77.0 Å². The van der Waals surface area contributed by atoms with Crippen LogP contribution in [0.3, 0.4) is 0 Å². The molecule has 1 aromatic rings. The molecule has 1 aromatic carbocycles. The first-order valence-corrected chi connectivity index (χ1v) is 11.9. The van der Waals surface area contributed by atoms with Crippen LogP contribution in [0, 0.1) is 29.1 Å². The number of carbonyl (C=O) groups excluding carboxylic acids is 4. The molecule has 0 bridgehead atoms. The number of nitrogens with zero attached hydrogens (tertiary/aromatic N) is 1. The van der Waals surface area contributed by atoms with Crippen LogP contribution in [0.2, 0.25) is 0 Å². The molecule has 0 fully saturated rings. The number of nitrogens with two attached hydrogens (primary N) is 1. The molecule has 1 rings (SSSR count). The Labute approximate surface area is 233 Å². The molecule has 3 amide bonds. The van der Waals surface area contributed by atoms with Gasteiger partial charge in [-0.2, -0.15) is 12.6 Å². The van der Waals surface area contributed by atoms with Crippen molar-refractivity contribution >= 4 is 36.3 Å². The zero-order valence-electron chi connectivity index (χ0n) is 21.4. The van der Waals surface area contributed by atoms with Gasteiger partial charge in [-0.15, -0.1) is 0 Å². The SMILES string of the molecule is C[N+](C)(C)CCNC(=O)CNC(=O)[C@@H](CS)NC(=O)CC[C@H](N)C(=O)OCc1c(F)c(F)c(F)c(F)c1F.[Cl-]. The number of hydrogen-bond acceptors (Lipinski definition) is 7.